The van der Waals surface area contributed by atoms with Crippen molar-refractivity contribution < 1.29 is 14.3 Å². The van der Waals surface area contributed by atoms with E-state index in [4.69, 9.17) is 4.74 Å². The maximum atomic E-state index is 10.2. The van der Waals surface area contributed by atoms with Gasteiger partial charge in [0.1, 0.15) is 12.3 Å². The highest BCUT2D eigenvalue weighted by Gasteiger charge is 2.18. The van der Waals surface area contributed by atoms with E-state index in [0.717, 1.165) is 30.0 Å². The normalized spacial score (nSPS) is 12.0. The molecule has 2 aromatic rings. The van der Waals surface area contributed by atoms with Crippen molar-refractivity contribution >= 4 is 11.4 Å². The quantitative estimate of drug-likeness (QED) is 0.315. The number of ether oxygens (including phenoxy) is 1. The van der Waals surface area contributed by atoms with Gasteiger partial charge in [-0.2, -0.15) is 10.2 Å². The maximum Gasteiger partial charge on any atom is 0.182 e. The molecule has 0 aliphatic heterocycles. The molecule has 0 amide bonds. The van der Waals surface area contributed by atoms with E-state index in [-0.39, 0.29) is 5.75 Å². The summed E-state index contributed by atoms with van der Waals surface area (Å²) in [6.45, 7) is 6.13. The van der Waals surface area contributed by atoms with E-state index in [1.165, 1.54) is 5.56 Å². The lowest BCUT2D eigenvalue weighted by Crippen LogP contribution is -2.40. The molecular weight excluding hydrogens is 314 g/mol. The maximum absolute atomic E-state index is 10.2. The van der Waals surface area contributed by atoms with Crippen LogP contribution in [-0.4, -0.2) is 37.0 Å². The largest absolute Gasteiger partial charge is 0.507 e. The number of aryl methyl sites for hydroxylation is 1. The van der Waals surface area contributed by atoms with Crippen molar-refractivity contribution in [2.24, 2.45) is 10.2 Å². The molecule has 0 saturated heterocycles. The van der Waals surface area contributed by atoms with Gasteiger partial charge in [-0.3, -0.25) is 0 Å². The van der Waals surface area contributed by atoms with Crippen LogP contribution in [0, 0.1) is 6.92 Å². The molecule has 0 heterocycles. The van der Waals surface area contributed by atoms with E-state index in [0.29, 0.717) is 17.8 Å². The van der Waals surface area contributed by atoms with Gasteiger partial charge in [-0.1, -0.05) is 24.6 Å². The van der Waals surface area contributed by atoms with Crippen LogP contribution in [0.25, 0.3) is 0 Å². The number of aromatic hydroxyl groups is 1. The third kappa shape index (κ3) is 6.29. The first-order valence-corrected chi connectivity index (χ1v) is 8.60. The molecule has 2 aromatic carbocycles. The summed E-state index contributed by atoms with van der Waals surface area (Å²) in [5, 5.41) is 18.7. The molecule has 0 unspecified atom stereocenters. The predicted molar refractivity (Wildman–Crippen MR) is 100 cm³/mol. The Morgan fingerprint density at radius 3 is 2.32 bits per heavy atom. The Balaban J connectivity index is 2.10. The predicted octanol–water partition coefficient (Wildman–Crippen LogP) is 5.08. The van der Waals surface area contributed by atoms with Gasteiger partial charge in [0.05, 0.1) is 37.6 Å². The van der Waals surface area contributed by atoms with Gasteiger partial charge in [-0.05, 0) is 43.7 Å². The van der Waals surface area contributed by atoms with E-state index >= 15 is 0 Å². The van der Waals surface area contributed by atoms with Crippen LogP contribution in [0.5, 0.6) is 5.75 Å². The molecule has 0 bridgehead atoms. The molecule has 0 aromatic heterocycles. The van der Waals surface area contributed by atoms with Crippen LogP contribution in [0.4, 0.5) is 11.4 Å². The third-order valence-corrected chi connectivity index (χ3v) is 3.77. The molecule has 0 saturated carbocycles. The van der Waals surface area contributed by atoms with E-state index in [1.54, 1.807) is 12.1 Å². The third-order valence-electron chi connectivity index (χ3n) is 3.77. The molecule has 0 aliphatic rings. The standard InChI is InChI=1S/C20H27N3O2/c1-5-12-25-15-23(3,4)14-17-13-19(10-11-20(17)24)22-21-18-8-6-16(2)7-9-18/h6-11,13H,5,12,14-15H2,1-4H3/p+1. The highest BCUT2D eigenvalue weighted by atomic mass is 16.5. The number of benzene rings is 2. The van der Waals surface area contributed by atoms with Crippen molar-refractivity contribution in [2.75, 3.05) is 27.4 Å². The molecule has 1 N–H and O–H groups in total. The lowest BCUT2D eigenvalue weighted by atomic mass is 10.1. The van der Waals surface area contributed by atoms with Crippen molar-refractivity contribution in [3.8, 4) is 5.75 Å². The molecule has 0 atom stereocenters. The van der Waals surface area contributed by atoms with Gasteiger partial charge in [0.25, 0.3) is 0 Å². The molecule has 134 valence electrons. The van der Waals surface area contributed by atoms with Gasteiger partial charge in [0.2, 0.25) is 0 Å². The SMILES string of the molecule is CCCOC[N+](C)(C)Cc1cc(N=Nc2ccc(C)cc2)ccc1O. The summed E-state index contributed by atoms with van der Waals surface area (Å²) in [6, 6.07) is 13.2. The second kappa shape index (κ2) is 8.74. The first-order chi connectivity index (χ1) is 11.9. The number of azo groups is 1. The highest BCUT2D eigenvalue weighted by molar-refractivity contribution is 5.47. The fourth-order valence-corrected chi connectivity index (χ4v) is 2.45. The van der Waals surface area contributed by atoms with E-state index in [9.17, 15) is 5.11 Å². The van der Waals surface area contributed by atoms with E-state index in [2.05, 4.69) is 31.2 Å². The minimum atomic E-state index is 0.274. The number of phenols is 1. The lowest BCUT2D eigenvalue weighted by Gasteiger charge is -2.29. The lowest BCUT2D eigenvalue weighted by molar-refractivity contribution is -0.922. The van der Waals surface area contributed by atoms with Crippen LogP contribution < -0.4 is 0 Å². The summed E-state index contributed by atoms with van der Waals surface area (Å²) in [5.74, 6) is 0.274. The molecule has 0 radical (unpaired) electrons. The van der Waals surface area contributed by atoms with Crippen molar-refractivity contribution in [3.05, 3.63) is 53.6 Å². The zero-order valence-electron chi connectivity index (χ0n) is 15.6. The van der Waals surface area contributed by atoms with Crippen LogP contribution in [-0.2, 0) is 11.3 Å². The minimum absolute atomic E-state index is 0.274. The fourth-order valence-electron chi connectivity index (χ4n) is 2.45. The van der Waals surface area contributed by atoms with Crippen molar-refractivity contribution in [1.29, 1.82) is 0 Å². The van der Waals surface area contributed by atoms with Gasteiger partial charge >= 0.3 is 0 Å². The molecule has 0 aliphatic carbocycles. The molecule has 5 nitrogen and oxygen atoms in total. The van der Waals surface area contributed by atoms with Crippen LogP contribution >= 0.6 is 0 Å². The van der Waals surface area contributed by atoms with Gasteiger partial charge < -0.3 is 14.3 Å². The first kappa shape index (κ1) is 19.1. The molecular formula is C20H28N3O2+. The second-order valence-electron chi connectivity index (χ2n) is 6.98. The Morgan fingerprint density at radius 1 is 1.00 bits per heavy atom. The molecule has 2 rings (SSSR count). The number of hydrogen-bond donors (Lipinski definition) is 1. The summed E-state index contributed by atoms with van der Waals surface area (Å²) in [6.07, 6.45) is 1.00. The summed E-state index contributed by atoms with van der Waals surface area (Å²) in [5.41, 5.74) is 3.56. The average molecular weight is 342 g/mol. The fraction of sp³-hybridized carbons (Fsp3) is 0.400. The molecule has 5 heteroatoms. The van der Waals surface area contributed by atoms with Crippen LogP contribution in [0.15, 0.2) is 52.7 Å². The van der Waals surface area contributed by atoms with Gasteiger partial charge in [0, 0.05) is 0 Å². The Hall–Kier alpha value is -2.24. The van der Waals surface area contributed by atoms with E-state index < -0.39 is 0 Å². The number of quaternary nitrogens is 1. The zero-order chi connectivity index (χ0) is 18.3. The number of nitrogens with zero attached hydrogens (tertiary/aromatic N) is 3. The highest BCUT2D eigenvalue weighted by Crippen LogP contribution is 2.27. The van der Waals surface area contributed by atoms with Gasteiger partial charge in [-0.25, -0.2) is 0 Å². The second-order valence-corrected chi connectivity index (χ2v) is 6.98. The van der Waals surface area contributed by atoms with Gasteiger partial charge in [-0.15, -0.1) is 0 Å². The zero-order valence-corrected chi connectivity index (χ0v) is 15.6. The Bertz CT molecular complexity index is 709. The molecule has 0 fully saturated rings. The van der Waals surface area contributed by atoms with Crippen LogP contribution in [0.2, 0.25) is 0 Å². The summed E-state index contributed by atoms with van der Waals surface area (Å²) < 4.78 is 6.28. The molecule has 0 spiro atoms. The van der Waals surface area contributed by atoms with E-state index in [1.807, 2.05) is 37.3 Å². The Morgan fingerprint density at radius 2 is 1.64 bits per heavy atom. The molecule has 25 heavy (non-hydrogen) atoms. The van der Waals surface area contributed by atoms with Crippen molar-refractivity contribution in [3.63, 3.8) is 0 Å². The van der Waals surface area contributed by atoms with Crippen molar-refractivity contribution in [2.45, 2.75) is 26.8 Å². The summed E-state index contributed by atoms with van der Waals surface area (Å²) >= 11 is 0. The van der Waals surface area contributed by atoms with Crippen LogP contribution in [0.3, 0.4) is 0 Å². The summed E-state index contributed by atoms with van der Waals surface area (Å²) in [7, 11) is 4.16. The van der Waals surface area contributed by atoms with Crippen LogP contribution in [0.1, 0.15) is 24.5 Å². The average Bonchev–Trinajstić information content (AvgIpc) is 2.57. The Kier molecular flexibility index (Phi) is 6.67. The Labute approximate surface area is 150 Å². The number of hydrogen-bond acceptors (Lipinski definition) is 4. The smallest absolute Gasteiger partial charge is 0.182 e. The minimum Gasteiger partial charge on any atom is -0.507 e. The number of rotatable bonds is 8. The topological polar surface area (TPSA) is 54.2 Å². The number of phenolic OH excluding ortho intramolecular Hbond substituents is 1. The first-order valence-electron chi connectivity index (χ1n) is 8.60. The van der Waals surface area contributed by atoms with Crippen molar-refractivity contribution in [1.82, 2.24) is 0 Å². The summed E-state index contributed by atoms with van der Waals surface area (Å²) in [4.78, 5) is 0. The van der Waals surface area contributed by atoms with Gasteiger partial charge in [0.15, 0.2) is 6.73 Å². The monoisotopic (exact) mass is 342 g/mol.